The van der Waals surface area contributed by atoms with Crippen LogP contribution in [0.1, 0.15) is 39.9 Å². The molecule has 10 heteroatoms. The van der Waals surface area contributed by atoms with Crippen molar-refractivity contribution in [1.82, 2.24) is 10.3 Å². The van der Waals surface area contributed by atoms with Crippen LogP contribution < -0.4 is 10.2 Å². The lowest BCUT2D eigenvalue weighted by Crippen LogP contribution is -2.52. The van der Waals surface area contributed by atoms with Gasteiger partial charge in [0.15, 0.2) is 5.60 Å². The first-order chi connectivity index (χ1) is 18.6. The van der Waals surface area contributed by atoms with Crippen LogP contribution in [0.15, 0.2) is 67.0 Å². The topological polar surface area (TPSA) is 82.5 Å². The molecule has 6 nitrogen and oxygen atoms in total. The monoisotopic (exact) mass is 557 g/mol. The highest BCUT2D eigenvalue weighted by Gasteiger charge is 2.54. The SMILES string of the molecule is Cc1cccc2c1N(C[C@H]1C[C@@H](C(F)F)[C@H](NC(=O)c3cccnc3)C[C@H]1Cl)C(=O)[C@]2(O)c1ccccc1F. The third-order valence-electron chi connectivity index (χ3n) is 7.78. The lowest BCUT2D eigenvalue weighted by molar-refractivity contribution is -0.132. The molecule has 1 aliphatic carbocycles. The molecule has 1 aromatic heterocycles. The molecule has 5 rings (SSSR count). The normalized spacial score (nSPS) is 26.5. The number of aromatic nitrogens is 1. The van der Waals surface area contributed by atoms with Gasteiger partial charge >= 0.3 is 0 Å². The molecule has 0 unspecified atom stereocenters. The number of carbonyl (C=O) groups is 2. The number of nitrogens with zero attached hydrogens (tertiary/aromatic N) is 2. The van der Waals surface area contributed by atoms with E-state index in [2.05, 4.69) is 10.3 Å². The van der Waals surface area contributed by atoms with Crippen molar-refractivity contribution in [3.05, 3.63) is 95.1 Å². The average molecular weight is 558 g/mol. The number of para-hydroxylation sites is 1. The summed E-state index contributed by atoms with van der Waals surface area (Å²) in [4.78, 5) is 31.7. The van der Waals surface area contributed by atoms with Crippen LogP contribution in [0.3, 0.4) is 0 Å². The second-order valence-electron chi connectivity index (χ2n) is 10.1. The molecule has 0 bridgehead atoms. The number of aliphatic hydroxyl groups is 1. The summed E-state index contributed by atoms with van der Waals surface area (Å²) in [6.45, 7) is 1.71. The summed E-state index contributed by atoms with van der Waals surface area (Å²) in [6.07, 6.45) is 0.118. The molecule has 2 aliphatic rings. The zero-order chi connectivity index (χ0) is 27.9. The van der Waals surface area contributed by atoms with Crippen LogP contribution in [0.5, 0.6) is 0 Å². The minimum atomic E-state index is -2.74. The van der Waals surface area contributed by atoms with Gasteiger partial charge in [-0.2, -0.15) is 0 Å². The van der Waals surface area contributed by atoms with Crippen molar-refractivity contribution in [2.75, 3.05) is 11.4 Å². The molecule has 1 fully saturated rings. The third-order valence-corrected chi connectivity index (χ3v) is 8.31. The summed E-state index contributed by atoms with van der Waals surface area (Å²) in [7, 11) is 0. The molecule has 0 radical (unpaired) electrons. The Kier molecular flexibility index (Phi) is 7.39. The van der Waals surface area contributed by atoms with Gasteiger partial charge in [-0.1, -0.05) is 36.4 Å². The molecule has 1 saturated carbocycles. The van der Waals surface area contributed by atoms with Crippen molar-refractivity contribution in [1.29, 1.82) is 0 Å². The first kappa shape index (κ1) is 27.1. The lowest BCUT2D eigenvalue weighted by Gasteiger charge is -2.40. The summed E-state index contributed by atoms with van der Waals surface area (Å²) in [5.74, 6) is -3.79. The van der Waals surface area contributed by atoms with Gasteiger partial charge in [0.05, 0.1) is 11.3 Å². The van der Waals surface area contributed by atoms with Crippen LogP contribution in [0.4, 0.5) is 18.9 Å². The highest BCUT2D eigenvalue weighted by molar-refractivity contribution is 6.21. The predicted octanol–water partition coefficient (Wildman–Crippen LogP) is 4.81. The van der Waals surface area contributed by atoms with Crippen LogP contribution >= 0.6 is 11.6 Å². The molecule has 2 aromatic carbocycles. The van der Waals surface area contributed by atoms with E-state index in [-0.39, 0.29) is 36.1 Å². The van der Waals surface area contributed by atoms with Crippen molar-refractivity contribution in [3.63, 3.8) is 0 Å². The Bertz CT molecular complexity index is 1390. The summed E-state index contributed by atoms with van der Waals surface area (Å²) in [5, 5.41) is 13.7. The van der Waals surface area contributed by atoms with Gasteiger partial charge in [-0.25, -0.2) is 13.2 Å². The summed E-state index contributed by atoms with van der Waals surface area (Å²) in [6, 6.07) is 12.8. The van der Waals surface area contributed by atoms with Crippen molar-refractivity contribution < 1.29 is 27.9 Å². The fourth-order valence-electron chi connectivity index (χ4n) is 5.80. The largest absolute Gasteiger partial charge is 0.372 e. The number of hydrogen-bond donors (Lipinski definition) is 2. The van der Waals surface area contributed by atoms with E-state index in [0.29, 0.717) is 11.3 Å². The highest BCUT2D eigenvalue weighted by Crippen LogP contribution is 2.48. The van der Waals surface area contributed by atoms with Crippen molar-refractivity contribution in [2.24, 2.45) is 11.8 Å². The molecule has 39 heavy (non-hydrogen) atoms. The quantitative estimate of drug-likeness (QED) is 0.426. The molecule has 2 amide bonds. The zero-order valence-electron chi connectivity index (χ0n) is 21.0. The lowest BCUT2D eigenvalue weighted by atomic mass is 9.77. The van der Waals surface area contributed by atoms with Gasteiger partial charge in [0.25, 0.3) is 11.8 Å². The Morgan fingerprint density at radius 1 is 1.15 bits per heavy atom. The number of carbonyl (C=O) groups excluding carboxylic acids is 2. The number of halogens is 4. The van der Waals surface area contributed by atoms with Crippen molar-refractivity contribution >= 4 is 29.1 Å². The molecule has 0 spiro atoms. The number of aryl methyl sites for hydroxylation is 1. The Morgan fingerprint density at radius 2 is 1.90 bits per heavy atom. The Hall–Kier alpha value is -3.43. The van der Waals surface area contributed by atoms with Crippen LogP contribution in [0.2, 0.25) is 0 Å². The van der Waals surface area contributed by atoms with E-state index >= 15 is 0 Å². The Balaban J connectivity index is 1.42. The molecule has 3 aromatic rings. The maximum Gasteiger partial charge on any atom is 0.268 e. The molecule has 0 saturated heterocycles. The number of fused-ring (bicyclic) bond motifs is 1. The van der Waals surface area contributed by atoms with Gasteiger partial charge in [-0.05, 0) is 49.4 Å². The number of nitrogens with one attached hydrogen (secondary N) is 1. The number of anilines is 1. The number of hydrogen-bond acceptors (Lipinski definition) is 4. The third kappa shape index (κ3) is 4.78. The van der Waals surface area contributed by atoms with Crippen LogP contribution in [-0.2, 0) is 10.4 Å². The number of alkyl halides is 3. The standard InChI is InChI=1S/C29H27ClF3N3O3/c1-16-6-4-9-21-25(16)36(28(38)29(21,39)20-8-2-3-10-23(20)31)15-18-12-19(26(32)33)24(13-22(18)30)35-27(37)17-7-5-11-34-14-17/h2-11,14,18-19,22,24,26,39H,12-13,15H2,1H3,(H,35,37)/t18-,19-,22-,24-,29+/m1/s1. The van der Waals surface area contributed by atoms with Crippen molar-refractivity contribution in [3.8, 4) is 0 Å². The van der Waals surface area contributed by atoms with E-state index in [1.165, 1.54) is 41.6 Å². The van der Waals surface area contributed by atoms with E-state index in [1.54, 1.807) is 37.3 Å². The van der Waals surface area contributed by atoms with Gasteiger partial charge in [0.1, 0.15) is 5.82 Å². The van der Waals surface area contributed by atoms with Gasteiger partial charge in [0.2, 0.25) is 6.43 Å². The zero-order valence-corrected chi connectivity index (χ0v) is 21.8. The van der Waals surface area contributed by atoms with E-state index in [4.69, 9.17) is 11.6 Å². The van der Waals surface area contributed by atoms with Crippen LogP contribution in [-0.4, -0.2) is 46.3 Å². The smallest absolute Gasteiger partial charge is 0.268 e. The second kappa shape index (κ2) is 10.6. The van der Waals surface area contributed by atoms with E-state index in [1.807, 2.05) is 0 Å². The minimum absolute atomic E-state index is 0.0475. The number of rotatable bonds is 6. The maximum absolute atomic E-state index is 14.8. The second-order valence-corrected chi connectivity index (χ2v) is 10.7. The Morgan fingerprint density at radius 3 is 2.59 bits per heavy atom. The number of benzene rings is 2. The summed E-state index contributed by atoms with van der Waals surface area (Å²) in [5.41, 5.74) is -0.891. The highest BCUT2D eigenvalue weighted by atomic mass is 35.5. The first-order valence-electron chi connectivity index (χ1n) is 12.7. The number of amides is 2. The molecule has 5 atom stereocenters. The summed E-state index contributed by atoms with van der Waals surface area (Å²) < 4.78 is 43.3. The number of pyridine rings is 1. The maximum atomic E-state index is 14.8. The summed E-state index contributed by atoms with van der Waals surface area (Å²) >= 11 is 6.71. The first-order valence-corrected chi connectivity index (χ1v) is 13.1. The van der Waals surface area contributed by atoms with Gasteiger partial charge < -0.3 is 15.3 Å². The van der Waals surface area contributed by atoms with Gasteiger partial charge in [0, 0.05) is 47.4 Å². The predicted molar refractivity (Wildman–Crippen MR) is 140 cm³/mol. The average Bonchev–Trinajstić information content (AvgIpc) is 3.14. The molecular formula is C29H27ClF3N3O3. The minimum Gasteiger partial charge on any atom is -0.372 e. The molecular weight excluding hydrogens is 531 g/mol. The van der Waals surface area contributed by atoms with E-state index < -0.39 is 52.9 Å². The Labute approximate surface area is 228 Å². The molecule has 2 heterocycles. The van der Waals surface area contributed by atoms with Crippen molar-refractivity contribution in [2.45, 2.75) is 43.2 Å². The molecule has 1 aliphatic heterocycles. The van der Waals surface area contributed by atoms with Gasteiger partial charge in [-0.3, -0.25) is 14.6 Å². The molecule has 2 N–H and O–H groups in total. The van der Waals surface area contributed by atoms with Crippen LogP contribution in [0, 0.1) is 24.6 Å². The fraction of sp³-hybridized carbons (Fsp3) is 0.345. The fourth-order valence-corrected chi connectivity index (χ4v) is 6.17. The van der Waals surface area contributed by atoms with E-state index in [0.717, 1.165) is 0 Å². The van der Waals surface area contributed by atoms with Gasteiger partial charge in [-0.15, -0.1) is 11.6 Å². The van der Waals surface area contributed by atoms with E-state index in [9.17, 15) is 27.9 Å². The van der Waals surface area contributed by atoms with Crippen LogP contribution in [0.25, 0.3) is 0 Å². The molecule has 204 valence electrons.